The maximum atomic E-state index is 5.43. The van der Waals surface area contributed by atoms with Gasteiger partial charge in [0.2, 0.25) is 0 Å². The summed E-state index contributed by atoms with van der Waals surface area (Å²) in [5.41, 5.74) is 2.49. The molecule has 2 atom stereocenters. The molecule has 0 radical (unpaired) electrons. The number of allylic oxidation sites excluding steroid dienone is 1. The van der Waals surface area contributed by atoms with Crippen molar-refractivity contribution >= 4 is 5.57 Å². The topological polar surface area (TPSA) is 13.1 Å². The van der Waals surface area contributed by atoms with Gasteiger partial charge in [0.1, 0.15) is 5.76 Å². The van der Waals surface area contributed by atoms with Gasteiger partial charge in [-0.2, -0.15) is 0 Å². The van der Waals surface area contributed by atoms with Crippen LogP contribution in [0, 0.1) is 5.92 Å². The number of hydrogen-bond acceptors (Lipinski definition) is 1. The van der Waals surface area contributed by atoms with Gasteiger partial charge >= 0.3 is 0 Å². The van der Waals surface area contributed by atoms with Crippen molar-refractivity contribution in [1.82, 2.24) is 0 Å². The van der Waals surface area contributed by atoms with Gasteiger partial charge in [0.15, 0.2) is 0 Å². The summed E-state index contributed by atoms with van der Waals surface area (Å²) in [6.45, 7) is 4.21. The molecule has 1 saturated carbocycles. The second kappa shape index (κ2) is 3.67. The van der Waals surface area contributed by atoms with Crippen LogP contribution in [0.25, 0.3) is 5.57 Å². The highest BCUT2D eigenvalue weighted by Gasteiger charge is 2.42. The van der Waals surface area contributed by atoms with Crippen LogP contribution in [0.15, 0.2) is 59.7 Å². The van der Waals surface area contributed by atoms with E-state index in [1.165, 1.54) is 17.6 Å². The molecular formula is C15H14O. The highest BCUT2D eigenvalue weighted by molar-refractivity contribution is 5.68. The predicted octanol–water partition coefficient (Wildman–Crippen LogP) is 4.10. The van der Waals surface area contributed by atoms with E-state index >= 15 is 0 Å². The smallest absolute Gasteiger partial charge is 0.107 e. The zero-order valence-electron chi connectivity index (χ0n) is 9.10. The van der Waals surface area contributed by atoms with Crippen LogP contribution < -0.4 is 0 Å². The lowest BCUT2D eigenvalue weighted by Crippen LogP contribution is -1.86. The van der Waals surface area contributed by atoms with Crippen LogP contribution in [0.4, 0.5) is 0 Å². The van der Waals surface area contributed by atoms with Gasteiger partial charge in [-0.05, 0) is 35.6 Å². The van der Waals surface area contributed by atoms with Gasteiger partial charge in [-0.15, -0.1) is 0 Å². The molecule has 1 heterocycles. The Morgan fingerprint density at radius 2 is 1.94 bits per heavy atom. The van der Waals surface area contributed by atoms with Gasteiger partial charge in [0, 0.05) is 5.92 Å². The first-order chi connectivity index (χ1) is 7.86. The molecule has 0 aliphatic heterocycles. The normalized spacial score (nSPS) is 23.0. The Labute approximate surface area is 95.4 Å². The Balaban J connectivity index is 1.76. The molecule has 1 aliphatic carbocycles. The molecule has 1 aromatic heterocycles. The highest BCUT2D eigenvalue weighted by Crippen LogP contribution is 2.54. The van der Waals surface area contributed by atoms with Crippen molar-refractivity contribution in [2.75, 3.05) is 0 Å². The van der Waals surface area contributed by atoms with E-state index in [2.05, 4.69) is 36.9 Å². The second-order valence-corrected chi connectivity index (χ2v) is 4.36. The first-order valence-corrected chi connectivity index (χ1v) is 5.64. The van der Waals surface area contributed by atoms with Crippen LogP contribution in [0.1, 0.15) is 23.7 Å². The lowest BCUT2D eigenvalue weighted by atomic mass is 10.0. The molecule has 0 N–H and O–H groups in total. The average Bonchev–Trinajstić information content (AvgIpc) is 2.95. The third-order valence-electron chi connectivity index (χ3n) is 3.29. The van der Waals surface area contributed by atoms with Crippen LogP contribution in [0.5, 0.6) is 0 Å². The van der Waals surface area contributed by atoms with Crippen molar-refractivity contribution in [2.24, 2.45) is 5.92 Å². The molecule has 0 bridgehead atoms. The van der Waals surface area contributed by atoms with Gasteiger partial charge < -0.3 is 4.42 Å². The summed E-state index contributed by atoms with van der Waals surface area (Å²) >= 11 is 0. The molecule has 1 aromatic carbocycles. The summed E-state index contributed by atoms with van der Waals surface area (Å²) in [5, 5.41) is 0. The monoisotopic (exact) mass is 210 g/mol. The molecule has 16 heavy (non-hydrogen) atoms. The molecule has 0 unspecified atom stereocenters. The number of rotatable bonds is 3. The predicted molar refractivity (Wildman–Crippen MR) is 65.0 cm³/mol. The summed E-state index contributed by atoms with van der Waals surface area (Å²) in [7, 11) is 0. The maximum Gasteiger partial charge on any atom is 0.107 e. The minimum Gasteiger partial charge on any atom is -0.469 e. The van der Waals surface area contributed by atoms with E-state index in [1.807, 2.05) is 12.1 Å². The van der Waals surface area contributed by atoms with E-state index in [-0.39, 0.29) is 0 Å². The zero-order valence-corrected chi connectivity index (χ0v) is 9.10. The summed E-state index contributed by atoms with van der Waals surface area (Å²) in [6.07, 6.45) is 2.91. The van der Waals surface area contributed by atoms with Crippen molar-refractivity contribution < 1.29 is 4.42 Å². The standard InChI is InChI=1S/C15H14O/c1-11(12-6-3-2-4-7-12)13-10-14(13)15-8-5-9-16-15/h2-9,13-14H,1,10H2/t13-,14+/m1/s1. The number of furan rings is 1. The largest absolute Gasteiger partial charge is 0.469 e. The summed E-state index contributed by atoms with van der Waals surface area (Å²) in [6, 6.07) is 14.4. The Morgan fingerprint density at radius 3 is 2.62 bits per heavy atom. The third kappa shape index (κ3) is 1.58. The molecule has 1 heteroatoms. The van der Waals surface area contributed by atoms with Gasteiger partial charge in [-0.25, -0.2) is 0 Å². The Morgan fingerprint density at radius 1 is 1.12 bits per heavy atom. The summed E-state index contributed by atoms with van der Waals surface area (Å²) in [4.78, 5) is 0. The van der Waals surface area contributed by atoms with Gasteiger partial charge in [0.25, 0.3) is 0 Å². The molecule has 2 aromatic rings. The van der Waals surface area contributed by atoms with Crippen LogP contribution in [0.2, 0.25) is 0 Å². The molecule has 1 nitrogen and oxygen atoms in total. The Hall–Kier alpha value is -1.76. The van der Waals surface area contributed by atoms with Gasteiger partial charge in [-0.1, -0.05) is 36.9 Å². The van der Waals surface area contributed by atoms with Crippen LogP contribution >= 0.6 is 0 Å². The molecule has 1 fully saturated rings. The van der Waals surface area contributed by atoms with E-state index in [0.717, 1.165) is 5.76 Å². The molecule has 1 aliphatic rings. The quantitative estimate of drug-likeness (QED) is 0.743. The van der Waals surface area contributed by atoms with Crippen molar-refractivity contribution in [3.8, 4) is 0 Å². The average molecular weight is 210 g/mol. The second-order valence-electron chi connectivity index (χ2n) is 4.36. The first kappa shape index (κ1) is 9.46. The minimum absolute atomic E-state index is 0.544. The molecular weight excluding hydrogens is 196 g/mol. The molecule has 0 saturated heterocycles. The third-order valence-corrected chi connectivity index (χ3v) is 3.29. The van der Waals surface area contributed by atoms with E-state index in [9.17, 15) is 0 Å². The zero-order chi connectivity index (χ0) is 11.0. The number of hydrogen-bond donors (Lipinski definition) is 0. The first-order valence-electron chi connectivity index (χ1n) is 5.64. The molecule has 0 spiro atoms. The fourth-order valence-corrected chi connectivity index (χ4v) is 2.26. The van der Waals surface area contributed by atoms with E-state index < -0.39 is 0 Å². The van der Waals surface area contributed by atoms with Crippen molar-refractivity contribution in [3.05, 3.63) is 66.6 Å². The Kier molecular flexibility index (Phi) is 2.17. The lowest BCUT2D eigenvalue weighted by Gasteiger charge is -2.03. The van der Waals surface area contributed by atoms with Crippen molar-refractivity contribution in [3.63, 3.8) is 0 Å². The van der Waals surface area contributed by atoms with Gasteiger partial charge in [0.05, 0.1) is 6.26 Å². The minimum atomic E-state index is 0.544. The van der Waals surface area contributed by atoms with E-state index in [1.54, 1.807) is 6.26 Å². The van der Waals surface area contributed by atoms with E-state index in [4.69, 9.17) is 4.42 Å². The van der Waals surface area contributed by atoms with Crippen LogP contribution in [0.3, 0.4) is 0 Å². The van der Waals surface area contributed by atoms with Crippen molar-refractivity contribution in [2.45, 2.75) is 12.3 Å². The SMILES string of the molecule is C=C(c1ccccc1)[C@H]1C[C@@H]1c1ccco1. The van der Waals surface area contributed by atoms with Crippen LogP contribution in [-0.2, 0) is 0 Å². The highest BCUT2D eigenvalue weighted by atomic mass is 16.3. The summed E-state index contributed by atoms with van der Waals surface area (Å²) in [5.74, 6) is 2.21. The molecule has 0 amide bonds. The Bertz CT molecular complexity index is 481. The van der Waals surface area contributed by atoms with E-state index in [0.29, 0.717) is 11.8 Å². The summed E-state index contributed by atoms with van der Waals surface area (Å²) < 4.78 is 5.43. The fraction of sp³-hybridized carbons (Fsp3) is 0.200. The van der Waals surface area contributed by atoms with Gasteiger partial charge in [-0.3, -0.25) is 0 Å². The lowest BCUT2D eigenvalue weighted by molar-refractivity contribution is 0.509. The molecule has 80 valence electrons. The maximum absolute atomic E-state index is 5.43. The molecule has 3 rings (SSSR count). The fourth-order valence-electron chi connectivity index (χ4n) is 2.26. The van der Waals surface area contributed by atoms with Crippen molar-refractivity contribution in [1.29, 1.82) is 0 Å². The van der Waals surface area contributed by atoms with Crippen LogP contribution in [-0.4, -0.2) is 0 Å². The number of benzene rings is 1.